The fourth-order valence-corrected chi connectivity index (χ4v) is 15.2. The van der Waals surface area contributed by atoms with Gasteiger partial charge in [-0.2, -0.15) is 0 Å². The van der Waals surface area contributed by atoms with Crippen LogP contribution in [0, 0.1) is 6.92 Å². The molecular formula is C71H66BN3S. The second-order valence-electron chi connectivity index (χ2n) is 25.0. The Bertz CT molecular complexity index is 3970. The highest BCUT2D eigenvalue weighted by Gasteiger charge is 2.61. The van der Waals surface area contributed by atoms with Crippen LogP contribution < -0.4 is 31.1 Å². The molecule has 0 radical (unpaired) electrons. The third-order valence-corrected chi connectivity index (χ3v) is 19.5. The lowest BCUT2D eigenvalue weighted by Crippen LogP contribution is -2.64. The summed E-state index contributed by atoms with van der Waals surface area (Å²) >= 11 is 1.88. The van der Waals surface area contributed by atoms with Crippen LogP contribution in [0.15, 0.2) is 188 Å². The molecule has 5 heteroatoms. The third kappa shape index (κ3) is 7.00. The molecule has 9 aromatic carbocycles. The first-order valence-corrected chi connectivity index (χ1v) is 28.6. The van der Waals surface area contributed by atoms with E-state index in [0.717, 1.165) is 23.5 Å². The molecule has 3 aliphatic heterocycles. The number of nitrogens with zero attached hydrogens (tertiary/aromatic N) is 3. The molecule has 1 fully saturated rings. The normalized spacial score (nSPS) is 18.4. The maximum absolute atomic E-state index is 2.87. The van der Waals surface area contributed by atoms with Crippen LogP contribution in [0.1, 0.15) is 103 Å². The minimum absolute atomic E-state index is 0.00558. The van der Waals surface area contributed by atoms with Crippen molar-refractivity contribution in [3.05, 3.63) is 210 Å². The molecule has 10 aromatic rings. The number of fused-ring (bicyclic) bond motifs is 10. The van der Waals surface area contributed by atoms with Crippen molar-refractivity contribution in [3.63, 3.8) is 0 Å². The largest absolute Gasteiger partial charge is 0.335 e. The summed E-state index contributed by atoms with van der Waals surface area (Å²) in [7, 11) is 0. The van der Waals surface area contributed by atoms with Gasteiger partial charge in [-0.3, -0.25) is 0 Å². The first kappa shape index (κ1) is 47.1. The van der Waals surface area contributed by atoms with Gasteiger partial charge in [-0.1, -0.05) is 171 Å². The molecule has 1 aliphatic carbocycles. The molecule has 1 aromatic heterocycles. The fourth-order valence-electron chi connectivity index (χ4n) is 14.1. The highest BCUT2D eigenvalue weighted by atomic mass is 32.1. The predicted molar refractivity (Wildman–Crippen MR) is 329 cm³/mol. The fraction of sp³-hybridized carbons (Fsp3) is 0.239. The third-order valence-electron chi connectivity index (χ3n) is 18.3. The van der Waals surface area contributed by atoms with Gasteiger partial charge in [0.15, 0.2) is 0 Å². The summed E-state index contributed by atoms with van der Waals surface area (Å²) in [6.45, 7) is 21.5. The Labute approximate surface area is 454 Å². The number of hydrogen-bond acceptors (Lipinski definition) is 4. The van der Waals surface area contributed by atoms with E-state index in [1.807, 2.05) is 11.3 Å². The lowest BCUT2D eigenvalue weighted by Gasteiger charge is -2.53. The van der Waals surface area contributed by atoms with Gasteiger partial charge in [-0.05, 0) is 172 Å². The SMILES string of the molecule is Cc1cc2c3c(c1)N1c4c(cc(-c5ccccc5)cc4C4(C)CCCCC14C)B3c1ccc(N(c3ccc(C(C)(C)C)cc3)c3ccc4sc5ccccc5c4c3)cc1N2c1ccc(C(C)(C)C)cc1-c1ccccc1. The van der Waals surface area contributed by atoms with E-state index < -0.39 is 0 Å². The zero-order valence-corrected chi connectivity index (χ0v) is 46.4. The van der Waals surface area contributed by atoms with Crippen LogP contribution in [0.3, 0.4) is 0 Å². The summed E-state index contributed by atoms with van der Waals surface area (Å²) in [5, 5.41) is 2.59. The Balaban J connectivity index is 1.08. The maximum atomic E-state index is 2.87. The van der Waals surface area contributed by atoms with Crippen LogP contribution in [-0.4, -0.2) is 12.3 Å². The summed E-state index contributed by atoms with van der Waals surface area (Å²) < 4.78 is 2.62. The number of benzene rings is 9. The molecule has 0 N–H and O–H groups in total. The van der Waals surface area contributed by atoms with Crippen LogP contribution in [0.2, 0.25) is 0 Å². The van der Waals surface area contributed by atoms with Crippen molar-refractivity contribution in [3.8, 4) is 22.3 Å². The Kier molecular flexibility index (Phi) is 10.4. The van der Waals surface area contributed by atoms with E-state index in [0.29, 0.717) is 0 Å². The van der Waals surface area contributed by atoms with Gasteiger partial charge in [0.25, 0.3) is 6.71 Å². The van der Waals surface area contributed by atoms with Gasteiger partial charge >= 0.3 is 0 Å². The van der Waals surface area contributed by atoms with Crippen molar-refractivity contribution < 1.29 is 0 Å². The predicted octanol–water partition coefficient (Wildman–Crippen LogP) is 18.1. The van der Waals surface area contributed by atoms with Gasteiger partial charge in [0.2, 0.25) is 0 Å². The molecule has 4 heterocycles. The molecule has 2 atom stereocenters. The lowest BCUT2D eigenvalue weighted by atomic mass is 9.33. The van der Waals surface area contributed by atoms with Gasteiger partial charge in [0.1, 0.15) is 0 Å². The van der Waals surface area contributed by atoms with Gasteiger partial charge < -0.3 is 14.7 Å². The average molecular weight is 1000 g/mol. The lowest BCUT2D eigenvalue weighted by molar-refractivity contribution is 0.195. The Morgan fingerprint density at radius 3 is 1.88 bits per heavy atom. The van der Waals surface area contributed by atoms with Crippen LogP contribution >= 0.6 is 11.3 Å². The number of anilines is 8. The molecule has 3 nitrogen and oxygen atoms in total. The molecular weight excluding hydrogens is 938 g/mol. The van der Waals surface area contributed by atoms with Crippen LogP contribution in [-0.2, 0) is 16.2 Å². The van der Waals surface area contributed by atoms with Gasteiger partial charge in [-0.25, -0.2) is 0 Å². The molecule has 14 rings (SSSR count). The number of hydrogen-bond donors (Lipinski definition) is 0. The molecule has 76 heavy (non-hydrogen) atoms. The monoisotopic (exact) mass is 1000 g/mol. The Hall–Kier alpha value is -7.34. The minimum Gasteiger partial charge on any atom is -0.335 e. The number of thiophene rings is 1. The molecule has 0 spiro atoms. The maximum Gasteiger partial charge on any atom is 0.252 e. The van der Waals surface area contributed by atoms with Crippen LogP contribution in [0.4, 0.5) is 45.5 Å². The van der Waals surface area contributed by atoms with E-state index >= 15 is 0 Å². The summed E-state index contributed by atoms with van der Waals surface area (Å²) in [4.78, 5) is 8.06. The molecule has 0 bridgehead atoms. The quantitative estimate of drug-likeness (QED) is 0.154. The molecule has 2 unspecified atom stereocenters. The topological polar surface area (TPSA) is 9.72 Å². The highest BCUT2D eigenvalue weighted by Crippen LogP contribution is 2.62. The number of aryl methyl sites for hydroxylation is 1. The Morgan fingerprint density at radius 1 is 0.500 bits per heavy atom. The van der Waals surface area contributed by atoms with Crippen molar-refractivity contribution in [2.24, 2.45) is 0 Å². The molecule has 1 saturated carbocycles. The average Bonchev–Trinajstić information content (AvgIpc) is 4.02. The van der Waals surface area contributed by atoms with Crippen molar-refractivity contribution in [1.29, 1.82) is 0 Å². The summed E-state index contributed by atoms with van der Waals surface area (Å²) in [6, 6.07) is 72.7. The minimum atomic E-state index is -0.0966. The second kappa shape index (κ2) is 16.8. The zero-order chi connectivity index (χ0) is 52.0. The van der Waals surface area contributed by atoms with E-state index in [2.05, 4.69) is 265 Å². The second-order valence-corrected chi connectivity index (χ2v) is 26.0. The van der Waals surface area contributed by atoms with Gasteiger partial charge in [0, 0.05) is 71.0 Å². The van der Waals surface area contributed by atoms with Crippen molar-refractivity contribution >= 4 is 100 Å². The van der Waals surface area contributed by atoms with Gasteiger partial charge in [-0.15, -0.1) is 11.3 Å². The Morgan fingerprint density at radius 2 is 1.13 bits per heavy atom. The van der Waals surface area contributed by atoms with Crippen LogP contribution in [0.5, 0.6) is 0 Å². The zero-order valence-electron chi connectivity index (χ0n) is 45.6. The summed E-state index contributed by atoms with van der Waals surface area (Å²) in [5.74, 6) is 0. The van der Waals surface area contributed by atoms with Crippen LogP contribution in [0.25, 0.3) is 42.4 Å². The molecule has 0 saturated heterocycles. The molecule has 0 amide bonds. The van der Waals surface area contributed by atoms with E-state index in [1.165, 1.54) is 129 Å². The summed E-state index contributed by atoms with van der Waals surface area (Å²) in [6.07, 6.45) is 4.81. The number of rotatable bonds is 6. The van der Waals surface area contributed by atoms with E-state index in [1.54, 1.807) is 0 Å². The standard InChI is InChI=1S/C71H66BN3S/c1-45-38-62-66-63(39-45)75-67-57(70(8)36-18-19-37-71(70,75)9)40-48(46-20-12-10-13-21-46)41-59(67)72(66)58-33-31-53(44-61(58)74(62)60-34-28-50(69(5,6)7)42-55(60)47-22-14-11-15-23-47)73(51-29-26-49(27-30-51)68(2,3)4)52-32-35-65-56(43-52)54-24-16-17-25-64(54)76-65/h10-17,20-35,38-44H,18-19,36-37H2,1-9H3. The summed E-state index contributed by atoms with van der Waals surface area (Å²) in [5.41, 5.74) is 24.4. The van der Waals surface area contributed by atoms with Gasteiger partial charge in [0.05, 0.1) is 11.2 Å². The van der Waals surface area contributed by atoms with Crippen molar-refractivity contribution in [2.45, 2.75) is 110 Å². The molecule has 4 aliphatic rings. The van der Waals surface area contributed by atoms with E-state index in [9.17, 15) is 0 Å². The highest BCUT2D eigenvalue weighted by molar-refractivity contribution is 7.25. The first-order chi connectivity index (χ1) is 36.6. The smallest absolute Gasteiger partial charge is 0.252 e. The molecule has 374 valence electrons. The van der Waals surface area contributed by atoms with Crippen molar-refractivity contribution in [1.82, 2.24) is 0 Å². The van der Waals surface area contributed by atoms with Crippen molar-refractivity contribution in [2.75, 3.05) is 14.7 Å². The van der Waals surface area contributed by atoms with E-state index in [-0.39, 0.29) is 28.5 Å². The first-order valence-electron chi connectivity index (χ1n) is 27.7. The van der Waals surface area contributed by atoms with E-state index in [4.69, 9.17) is 0 Å².